The van der Waals surface area contributed by atoms with Crippen molar-refractivity contribution in [3.8, 4) is 0 Å². The van der Waals surface area contributed by atoms with E-state index >= 15 is 0 Å². The highest BCUT2D eigenvalue weighted by atomic mass is 16.4. The Hall–Kier alpha value is -1.64. The number of carboxylic acids is 1. The molecule has 0 bridgehead atoms. The lowest BCUT2D eigenvalue weighted by molar-refractivity contribution is -0.142. The molecule has 15 heavy (non-hydrogen) atoms. The van der Waals surface area contributed by atoms with Crippen LogP contribution in [0.2, 0.25) is 0 Å². The van der Waals surface area contributed by atoms with Crippen LogP contribution in [0.1, 0.15) is 24.3 Å². The Labute approximate surface area is 87.7 Å². The Balaban J connectivity index is 2.27. The average Bonchev–Trinajstić information content (AvgIpc) is 3.02. The van der Waals surface area contributed by atoms with Gasteiger partial charge in [0.1, 0.15) is 5.92 Å². The lowest BCUT2D eigenvalue weighted by Crippen LogP contribution is -2.22. The van der Waals surface area contributed by atoms with Crippen LogP contribution < -0.4 is 0 Å². The van der Waals surface area contributed by atoms with Gasteiger partial charge < -0.3 is 5.11 Å². The van der Waals surface area contributed by atoms with Crippen molar-refractivity contribution in [1.29, 1.82) is 0 Å². The minimum Gasteiger partial charge on any atom is -0.480 e. The van der Waals surface area contributed by atoms with E-state index in [4.69, 9.17) is 5.11 Å². The predicted molar refractivity (Wildman–Crippen MR) is 54.5 cm³/mol. The summed E-state index contributed by atoms with van der Waals surface area (Å²) in [6, 6.07) is 8.71. The van der Waals surface area contributed by atoms with Gasteiger partial charge in [-0.15, -0.1) is 0 Å². The summed E-state index contributed by atoms with van der Waals surface area (Å²) in [5.41, 5.74) is 0.585. The van der Waals surface area contributed by atoms with Gasteiger partial charge in [0.15, 0.2) is 5.78 Å². The summed E-state index contributed by atoms with van der Waals surface area (Å²) in [6.07, 6.45) is 1.69. The molecule has 1 N–H and O–H groups in total. The van der Waals surface area contributed by atoms with Crippen LogP contribution in [0.5, 0.6) is 0 Å². The Morgan fingerprint density at radius 2 is 1.80 bits per heavy atom. The molecule has 0 saturated heterocycles. The normalized spacial score (nSPS) is 17.1. The van der Waals surface area contributed by atoms with Gasteiger partial charge in [-0.2, -0.15) is 0 Å². The minimum absolute atomic E-state index is 0.0219. The molecule has 0 spiro atoms. The molecule has 0 heterocycles. The van der Waals surface area contributed by atoms with E-state index < -0.39 is 11.9 Å². The van der Waals surface area contributed by atoms with E-state index in [9.17, 15) is 9.59 Å². The molecule has 78 valence electrons. The fourth-order valence-corrected chi connectivity index (χ4v) is 1.68. The second-order valence-electron chi connectivity index (χ2n) is 3.86. The highest BCUT2D eigenvalue weighted by molar-refractivity contribution is 6.05. The van der Waals surface area contributed by atoms with Gasteiger partial charge >= 0.3 is 5.97 Å². The number of rotatable bonds is 4. The molecular formula is C12H12O3. The molecule has 3 heteroatoms. The number of ketones is 1. The third-order valence-corrected chi connectivity index (χ3v) is 2.64. The van der Waals surface area contributed by atoms with Gasteiger partial charge in [0.25, 0.3) is 0 Å². The van der Waals surface area contributed by atoms with Crippen LogP contribution in [0.4, 0.5) is 0 Å². The number of carboxylic acid groups (broad SMARTS) is 1. The van der Waals surface area contributed by atoms with Crippen LogP contribution in [0.3, 0.4) is 0 Å². The van der Waals surface area contributed by atoms with Crippen LogP contribution in [0, 0.1) is 5.92 Å². The molecule has 1 aliphatic carbocycles. The standard InChI is InChI=1S/C12H12O3/c13-11(9-6-7-9)10(12(14)15)8-4-2-1-3-5-8/h1-5,9-10H,6-7H2,(H,14,15). The van der Waals surface area contributed by atoms with Crippen molar-refractivity contribution in [3.63, 3.8) is 0 Å². The van der Waals surface area contributed by atoms with Gasteiger partial charge in [-0.3, -0.25) is 9.59 Å². The molecule has 1 fully saturated rings. The van der Waals surface area contributed by atoms with E-state index in [1.807, 2.05) is 6.07 Å². The second kappa shape index (κ2) is 3.85. The molecule has 0 radical (unpaired) electrons. The van der Waals surface area contributed by atoms with Gasteiger partial charge in [-0.05, 0) is 18.4 Å². The number of aliphatic carboxylic acids is 1. The highest BCUT2D eigenvalue weighted by Crippen LogP contribution is 2.35. The maximum Gasteiger partial charge on any atom is 0.318 e. The molecule has 0 amide bonds. The first kappa shape index (κ1) is 9.90. The molecule has 1 atom stereocenters. The van der Waals surface area contributed by atoms with E-state index in [0.29, 0.717) is 5.56 Å². The van der Waals surface area contributed by atoms with Crippen molar-refractivity contribution in [3.05, 3.63) is 35.9 Å². The van der Waals surface area contributed by atoms with Gasteiger partial charge in [0, 0.05) is 5.92 Å². The van der Waals surface area contributed by atoms with Gasteiger partial charge in [0.05, 0.1) is 0 Å². The van der Waals surface area contributed by atoms with Crippen molar-refractivity contribution in [1.82, 2.24) is 0 Å². The zero-order valence-corrected chi connectivity index (χ0v) is 8.22. The summed E-state index contributed by atoms with van der Waals surface area (Å²) in [4.78, 5) is 22.8. The van der Waals surface area contributed by atoms with Crippen molar-refractivity contribution in [2.75, 3.05) is 0 Å². The van der Waals surface area contributed by atoms with E-state index in [1.54, 1.807) is 24.3 Å². The topological polar surface area (TPSA) is 54.4 Å². The molecule has 1 saturated carbocycles. The summed E-state index contributed by atoms with van der Waals surface area (Å²) in [5, 5.41) is 9.05. The molecular weight excluding hydrogens is 192 g/mol. The van der Waals surface area contributed by atoms with Gasteiger partial charge in [-0.25, -0.2) is 0 Å². The van der Waals surface area contributed by atoms with E-state index in [0.717, 1.165) is 12.8 Å². The molecule has 2 rings (SSSR count). The summed E-state index contributed by atoms with van der Waals surface area (Å²) < 4.78 is 0. The van der Waals surface area contributed by atoms with Crippen LogP contribution in [-0.2, 0) is 9.59 Å². The quantitative estimate of drug-likeness (QED) is 0.761. The number of carbonyl (C=O) groups is 2. The molecule has 1 aromatic carbocycles. The van der Waals surface area contributed by atoms with Crippen LogP contribution in [0.15, 0.2) is 30.3 Å². The minimum atomic E-state index is -1.04. The van der Waals surface area contributed by atoms with E-state index in [1.165, 1.54) is 0 Å². The van der Waals surface area contributed by atoms with Crippen LogP contribution in [0.25, 0.3) is 0 Å². The van der Waals surface area contributed by atoms with Crippen molar-refractivity contribution in [2.24, 2.45) is 5.92 Å². The monoisotopic (exact) mass is 204 g/mol. The van der Waals surface area contributed by atoms with Gasteiger partial charge in [0.2, 0.25) is 0 Å². The number of carbonyl (C=O) groups excluding carboxylic acids is 1. The fourth-order valence-electron chi connectivity index (χ4n) is 1.68. The van der Waals surface area contributed by atoms with Crippen LogP contribution >= 0.6 is 0 Å². The summed E-state index contributed by atoms with van der Waals surface area (Å²) >= 11 is 0. The van der Waals surface area contributed by atoms with E-state index in [-0.39, 0.29) is 11.7 Å². The first-order chi connectivity index (χ1) is 7.20. The number of hydrogen-bond donors (Lipinski definition) is 1. The first-order valence-electron chi connectivity index (χ1n) is 5.01. The zero-order chi connectivity index (χ0) is 10.8. The van der Waals surface area contributed by atoms with Gasteiger partial charge in [-0.1, -0.05) is 30.3 Å². The van der Waals surface area contributed by atoms with Crippen LogP contribution in [-0.4, -0.2) is 16.9 Å². The maximum absolute atomic E-state index is 11.8. The highest BCUT2D eigenvalue weighted by Gasteiger charge is 2.38. The molecule has 0 aromatic heterocycles. The van der Waals surface area contributed by atoms with Crippen molar-refractivity contribution in [2.45, 2.75) is 18.8 Å². The second-order valence-corrected chi connectivity index (χ2v) is 3.86. The Bertz CT molecular complexity index is 379. The fraction of sp³-hybridized carbons (Fsp3) is 0.333. The maximum atomic E-state index is 11.8. The smallest absolute Gasteiger partial charge is 0.318 e. The average molecular weight is 204 g/mol. The molecule has 1 aromatic rings. The summed E-state index contributed by atoms with van der Waals surface area (Å²) in [5.74, 6) is -2.18. The Morgan fingerprint density at radius 3 is 2.27 bits per heavy atom. The third-order valence-electron chi connectivity index (χ3n) is 2.64. The summed E-state index contributed by atoms with van der Waals surface area (Å²) in [6.45, 7) is 0. The summed E-state index contributed by atoms with van der Waals surface area (Å²) in [7, 11) is 0. The Morgan fingerprint density at radius 1 is 1.20 bits per heavy atom. The Kier molecular flexibility index (Phi) is 2.54. The first-order valence-corrected chi connectivity index (χ1v) is 5.01. The van der Waals surface area contributed by atoms with E-state index in [2.05, 4.69) is 0 Å². The lowest BCUT2D eigenvalue weighted by Gasteiger charge is -2.10. The largest absolute Gasteiger partial charge is 0.480 e. The molecule has 3 nitrogen and oxygen atoms in total. The molecule has 0 aliphatic heterocycles. The number of benzene rings is 1. The SMILES string of the molecule is O=C(O)C(C(=O)C1CC1)c1ccccc1. The lowest BCUT2D eigenvalue weighted by atomic mass is 9.92. The number of hydrogen-bond acceptors (Lipinski definition) is 2. The molecule has 1 unspecified atom stereocenters. The zero-order valence-electron chi connectivity index (χ0n) is 8.22. The van der Waals surface area contributed by atoms with Crippen molar-refractivity contribution < 1.29 is 14.7 Å². The third kappa shape index (κ3) is 2.06. The predicted octanol–water partition coefficient (Wildman–Crippen LogP) is 1.83. The molecule has 1 aliphatic rings. The number of Topliss-reactive ketones (excluding diaryl/α,β-unsaturated/α-hetero) is 1. The van der Waals surface area contributed by atoms with Crippen molar-refractivity contribution >= 4 is 11.8 Å².